The minimum Gasteiger partial charge on any atom is -0.389 e. The Labute approximate surface area is 115 Å². The molecule has 0 aliphatic heterocycles. The molecule has 3 heteroatoms. The van der Waals surface area contributed by atoms with Crippen LogP contribution in [-0.4, -0.2) is 20.3 Å². The smallest absolute Gasteiger partial charge is 0.111 e. The summed E-state index contributed by atoms with van der Waals surface area (Å²) in [6, 6.07) is 0. The second kappa shape index (κ2) is 4.08. The first-order valence-corrected chi connectivity index (χ1v) is 7.91. The third-order valence-electron chi connectivity index (χ3n) is 6.14. The predicted molar refractivity (Wildman–Crippen MR) is 73.6 cm³/mol. The Morgan fingerprint density at radius 3 is 2.42 bits per heavy atom. The van der Waals surface area contributed by atoms with Gasteiger partial charge in [-0.2, -0.15) is 0 Å². The molecule has 4 saturated carbocycles. The highest BCUT2D eigenvalue weighted by atomic mass is 16.3. The molecule has 0 spiro atoms. The Bertz CT molecular complexity index is 451. The van der Waals surface area contributed by atoms with Gasteiger partial charge in [-0.15, -0.1) is 0 Å². The lowest BCUT2D eigenvalue weighted by atomic mass is 9.49. The molecule has 104 valence electrons. The second-order valence-corrected chi connectivity index (χ2v) is 7.10. The van der Waals surface area contributed by atoms with E-state index in [0.29, 0.717) is 11.8 Å². The molecule has 0 aromatic carbocycles. The number of imidazole rings is 1. The van der Waals surface area contributed by atoms with Gasteiger partial charge in [0.1, 0.15) is 5.82 Å². The van der Waals surface area contributed by atoms with E-state index >= 15 is 0 Å². The van der Waals surface area contributed by atoms with Gasteiger partial charge < -0.3 is 9.67 Å². The van der Waals surface area contributed by atoms with Crippen LogP contribution in [-0.2, 0) is 13.0 Å². The Morgan fingerprint density at radius 2 is 1.84 bits per heavy atom. The minimum absolute atomic E-state index is 0.467. The summed E-state index contributed by atoms with van der Waals surface area (Å²) in [5.74, 6) is 3.97. The lowest BCUT2D eigenvalue weighted by Gasteiger charge is -2.59. The van der Waals surface area contributed by atoms with E-state index in [1.165, 1.54) is 32.1 Å². The Morgan fingerprint density at radius 1 is 1.21 bits per heavy atom. The van der Waals surface area contributed by atoms with Gasteiger partial charge in [0.25, 0.3) is 0 Å². The monoisotopic (exact) mass is 260 g/mol. The van der Waals surface area contributed by atoms with E-state index in [1.807, 2.05) is 12.4 Å². The summed E-state index contributed by atoms with van der Waals surface area (Å²) >= 11 is 0. The molecule has 1 N–H and O–H groups in total. The molecule has 1 aromatic rings. The molecular weight excluding hydrogens is 236 g/mol. The highest BCUT2D eigenvalue weighted by Gasteiger charge is 2.56. The average Bonchev–Trinajstić information content (AvgIpc) is 2.82. The van der Waals surface area contributed by atoms with Gasteiger partial charge in [-0.1, -0.05) is 0 Å². The summed E-state index contributed by atoms with van der Waals surface area (Å²) in [5, 5.41) is 11.3. The Balaban J connectivity index is 1.63. The van der Waals surface area contributed by atoms with Crippen LogP contribution in [0.25, 0.3) is 0 Å². The fraction of sp³-hybridized carbons (Fsp3) is 0.812. The van der Waals surface area contributed by atoms with Crippen molar-refractivity contribution < 1.29 is 5.11 Å². The van der Waals surface area contributed by atoms with Gasteiger partial charge in [-0.3, -0.25) is 0 Å². The van der Waals surface area contributed by atoms with Crippen LogP contribution in [0.2, 0.25) is 0 Å². The summed E-state index contributed by atoms with van der Waals surface area (Å²) in [6.45, 7) is 3.10. The lowest BCUT2D eigenvalue weighted by Crippen LogP contribution is -2.58. The van der Waals surface area contributed by atoms with Crippen molar-refractivity contribution in [2.45, 2.75) is 57.6 Å². The van der Waals surface area contributed by atoms with Crippen molar-refractivity contribution in [2.24, 2.45) is 23.7 Å². The van der Waals surface area contributed by atoms with Crippen molar-refractivity contribution in [2.75, 3.05) is 0 Å². The van der Waals surface area contributed by atoms with E-state index in [1.54, 1.807) is 0 Å². The van der Waals surface area contributed by atoms with Gasteiger partial charge in [-0.05, 0) is 62.7 Å². The van der Waals surface area contributed by atoms with Crippen molar-refractivity contribution >= 4 is 0 Å². The lowest BCUT2D eigenvalue weighted by molar-refractivity contribution is -0.172. The number of aliphatic hydroxyl groups is 1. The normalized spacial score (nSPS) is 43.9. The Kier molecular flexibility index (Phi) is 2.57. The van der Waals surface area contributed by atoms with Gasteiger partial charge >= 0.3 is 0 Å². The van der Waals surface area contributed by atoms with Crippen molar-refractivity contribution in [1.82, 2.24) is 9.55 Å². The molecule has 19 heavy (non-hydrogen) atoms. The molecule has 0 amide bonds. The van der Waals surface area contributed by atoms with E-state index in [2.05, 4.69) is 16.5 Å². The van der Waals surface area contributed by atoms with Crippen molar-refractivity contribution in [3.63, 3.8) is 0 Å². The first-order valence-electron chi connectivity index (χ1n) is 7.91. The molecule has 4 aliphatic rings. The fourth-order valence-electron chi connectivity index (χ4n) is 5.34. The van der Waals surface area contributed by atoms with Crippen molar-refractivity contribution in [3.8, 4) is 0 Å². The molecule has 0 saturated heterocycles. The number of hydrogen-bond acceptors (Lipinski definition) is 2. The number of aromatic nitrogens is 2. The molecule has 5 rings (SSSR count). The van der Waals surface area contributed by atoms with E-state index in [0.717, 1.165) is 30.6 Å². The number of hydrogen-bond donors (Lipinski definition) is 1. The van der Waals surface area contributed by atoms with Gasteiger partial charge in [0.2, 0.25) is 0 Å². The average molecular weight is 260 g/mol. The van der Waals surface area contributed by atoms with E-state index in [9.17, 15) is 5.11 Å². The minimum atomic E-state index is -0.467. The summed E-state index contributed by atoms with van der Waals surface area (Å²) in [5.41, 5.74) is -0.467. The molecule has 4 bridgehead atoms. The molecule has 3 nitrogen and oxygen atoms in total. The highest BCUT2D eigenvalue weighted by molar-refractivity contribution is 5.11. The molecule has 0 radical (unpaired) electrons. The number of nitrogens with zero attached hydrogens (tertiary/aromatic N) is 2. The van der Waals surface area contributed by atoms with Gasteiger partial charge in [0, 0.05) is 25.4 Å². The van der Waals surface area contributed by atoms with Crippen molar-refractivity contribution in [3.05, 3.63) is 18.2 Å². The van der Waals surface area contributed by atoms with Gasteiger partial charge in [0.15, 0.2) is 0 Å². The molecule has 0 atom stereocenters. The third kappa shape index (κ3) is 1.70. The molecule has 0 unspecified atom stereocenters. The quantitative estimate of drug-likeness (QED) is 0.907. The van der Waals surface area contributed by atoms with Crippen LogP contribution in [0.15, 0.2) is 12.4 Å². The largest absolute Gasteiger partial charge is 0.389 e. The summed E-state index contributed by atoms with van der Waals surface area (Å²) in [7, 11) is 0. The van der Waals surface area contributed by atoms with Gasteiger partial charge in [-0.25, -0.2) is 4.98 Å². The van der Waals surface area contributed by atoms with Crippen LogP contribution < -0.4 is 0 Å². The van der Waals surface area contributed by atoms with Crippen LogP contribution in [0, 0.1) is 23.7 Å². The molecular formula is C16H24N2O. The van der Waals surface area contributed by atoms with E-state index in [4.69, 9.17) is 0 Å². The SMILES string of the molecule is CCn1ccnc1CC1(O)C2CC3CC(C2)CC1C3. The Hall–Kier alpha value is -0.830. The zero-order chi connectivity index (χ0) is 13.0. The second-order valence-electron chi connectivity index (χ2n) is 7.10. The maximum absolute atomic E-state index is 11.3. The zero-order valence-electron chi connectivity index (χ0n) is 11.8. The van der Waals surface area contributed by atoms with E-state index in [-0.39, 0.29) is 0 Å². The molecule has 4 fully saturated rings. The van der Waals surface area contributed by atoms with Crippen LogP contribution in [0.4, 0.5) is 0 Å². The maximum atomic E-state index is 11.3. The number of rotatable bonds is 3. The summed E-state index contributed by atoms with van der Waals surface area (Å²) in [6.07, 6.45) is 11.2. The fourth-order valence-corrected chi connectivity index (χ4v) is 5.34. The van der Waals surface area contributed by atoms with Crippen LogP contribution in [0.5, 0.6) is 0 Å². The molecule has 1 heterocycles. The first kappa shape index (κ1) is 12.0. The van der Waals surface area contributed by atoms with Gasteiger partial charge in [0.05, 0.1) is 5.60 Å². The summed E-state index contributed by atoms with van der Waals surface area (Å²) in [4.78, 5) is 4.49. The van der Waals surface area contributed by atoms with Crippen molar-refractivity contribution in [1.29, 1.82) is 0 Å². The first-order chi connectivity index (χ1) is 9.19. The topological polar surface area (TPSA) is 38.0 Å². The molecule has 1 aromatic heterocycles. The standard InChI is InChI=1S/C16H24N2O/c1-2-18-4-3-17-15(18)10-16(19)13-6-11-5-12(8-13)9-14(16)7-11/h3-4,11-14,19H,2,5-10H2,1H3. The van der Waals surface area contributed by atoms with Crippen LogP contribution >= 0.6 is 0 Å². The molecule has 4 aliphatic carbocycles. The van der Waals surface area contributed by atoms with E-state index < -0.39 is 5.60 Å². The third-order valence-corrected chi connectivity index (χ3v) is 6.14. The van der Waals surface area contributed by atoms with Crippen LogP contribution in [0.3, 0.4) is 0 Å². The zero-order valence-corrected chi connectivity index (χ0v) is 11.8. The van der Waals surface area contributed by atoms with Crippen LogP contribution in [0.1, 0.15) is 44.9 Å². The predicted octanol–water partition coefficient (Wildman–Crippen LogP) is 2.63. The highest BCUT2D eigenvalue weighted by Crippen LogP contribution is 2.58. The maximum Gasteiger partial charge on any atom is 0.111 e. The summed E-state index contributed by atoms with van der Waals surface area (Å²) < 4.78 is 2.18. The number of aryl methyl sites for hydroxylation is 1.